The van der Waals surface area contributed by atoms with E-state index in [0.29, 0.717) is 19.3 Å². The molecule has 0 saturated carbocycles. The Kier molecular flexibility index (Phi) is 31.8. The Balaban J connectivity index is 2.51. The van der Waals surface area contributed by atoms with E-state index < -0.39 is 61.3 Å². The van der Waals surface area contributed by atoms with Crippen LogP contribution in [0.15, 0.2) is 122 Å². The number of aliphatic hydroxyl groups excluding tert-OH is 3. The second kappa shape index (κ2) is 35.7. The minimum Gasteiger partial charge on any atom is -0.479 e. The molecule has 0 radical (unpaired) electrons. The molecule has 1 aliphatic heterocycles. The minimum atomic E-state index is -1.89. The average Bonchev–Trinajstić information content (AvgIpc) is 3.21. The lowest BCUT2D eigenvalue weighted by atomic mass is 9.99. The van der Waals surface area contributed by atoms with Crippen molar-refractivity contribution in [3.8, 4) is 0 Å². The lowest BCUT2D eigenvalue weighted by Gasteiger charge is -2.38. The van der Waals surface area contributed by atoms with Crippen molar-refractivity contribution in [2.45, 2.75) is 141 Å². The molecule has 1 rings (SSSR count). The van der Waals surface area contributed by atoms with Gasteiger partial charge in [0.15, 0.2) is 18.5 Å². The number of allylic oxidation sites excluding steroid dienone is 20. The van der Waals surface area contributed by atoms with Crippen LogP contribution in [0.25, 0.3) is 0 Å². The molecule has 11 nitrogen and oxygen atoms in total. The zero-order chi connectivity index (χ0) is 42.5. The van der Waals surface area contributed by atoms with Crippen LogP contribution in [0.5, 0.6) is 0 Å². The van der Waals surface area contributed by atoms with E-state index in [0.717, 1.165) is 57.8 Å². The van der Waals surface area contributed by atoms with Crippen LogP contribution in [0.4, 0.5) is 0 Å². The first-order valence-corrected chi connectivity index (χ1v) is 20.6. The molecule has 0 aliphatic carbocycles. The maximum absolute atomic E-state index is 12.7. The smallest absolute Gasteiger partial charge is 0.335 e. The van der Waals surface area contributed by atoms with Gasteiger partial charge in [-0.05, 0) is 77.0 Å². The summed E-state index contributed by atoms with van der Waals surface area (Å²) in [4.78, 5) is 36.6. The first-order valence-electron chi connectivity index (χ1n) is 20.6. The van der Waals surface area contributed by atoms with Crippen LogP contribution >= 0.6 is 0 Å². The number of esters is 2. The highest BCUT2D eigenvalue weighted by Crippen LogP contribution is 2.23. The Morgan fingerprint density at radius 3 is 1.29 bits per heavy atom. The number of carbonyl (C=O) groups is 3. The monoisotopic (exact) mass is 808 g/mol. The number of carbonyl (C=O) groups excluding carboxylic acids is 2. The molecule has 0 bridgehead atoms. The fourth-order valence-corrected chi connectivity index (χ4v) is 5.15. The molecule has 4 N–H and O–H groups in total. The second-order valence-electron chi connectivity index (χ2n) is 13.4. The second-order valence-corrected chi connectivity index (χ2v) is 13.4. The van der Waals surface area contributed by atoms with E-state index >= 15 is 0 Å². The number of rotatable bonds is 31. The lowest BCUT2D eigenvalue weighted by molar-refractivity contribution is -0.298. The van der Waals surface area contributed by atoms with Crippen molar-refractivity contribution >= 4 is 17.9 Å². The molecule has 0 aromatic heterocycles. The molecule has 58 heavy (non-hydrogen) atoms. The molecule has 6 atom stereocenters. The van der Waals surface area contributed by atoms with E-state index in [4.69, 9.17) is 18.9 Å². The molecule has 0 spiro atoms. The lowest BCUT2D eigenvalue weighted by Crippen LogP contribution is -2.60. The molecular formula is C47H68O11. The Labute approximate surface area is 346 Å². The van der Waals surface area contributed by atoms with Crippen LogP contribution in [-0.4, -0.2) is 88.4 Å². The van der Waals surface area contributed by atoms with Gasteiger partial charge in [-0.25, -0.2) is 4.79 Å². The van der Waals surface area contributed by atoms with Crippen molar-refractivity contribution in [3.05, 3.63) is 122 Å². The number of hydrogen-bond acceptors (Lipinski definition) is 10. The summed E-state index contributed by atoms with van der Waals surface area (Å²) < 4.78 is 21.5. The highest BCUT2D eigenvalue weighted by Gasteiger charge is 2.47. The first-order chi connectivity index (χ1) is 28.2. The molecule has 0 amide bonds. The standard InChI is InChI=1S/C47H68O11/c1-3-5-7-9-11-13-15-17-18-19-20-21-22-24-25-27-29-31-33-35-40(48)55-37-39(38-56-47-44(52)42(50)43(51)45(58-47)46(53)54)57-41(49)36-34-32-30-28-26-23-16-14-12-10-8-6-4-2/h5-8,11-14,17-18,20-21,23-26,29-32,39,42-45,47,50-52H,3-4,9-10,15-16,19,22,27-28,33-38H2,1-2H3,(H,53,54)/b7-5-,8-6-,13-11-,14-12-,18-17-,21-20-,25-24-,26-23-,31-29-,32-30-. The number of aliphatic carboxylic acids is 1. The maximum Gasteiger partial charge on any atom is 0.335 e. The van der Waals surface area contributed by atoms with Crippen molar-refractivity contribution in [2.24, 2.45) is 0 Å². The van der Waals surface area contributed by atoms with Crippen molar-refractivity contribution in [1.82, 2.24) is 0 Å². The molecule has 0 aromatic rings. The van der Waals surface area contributed by atoms with Crippen LogP contribution in [0, 0.1) is 0 Å². The number of carboxylic acids is 1. The summed E-state index contributed by atoms with van der Waals surface area (Å²) in [7, 11) is 0. The van der Waals surface area contributed by atoms with Gasteiger partial charge in [0.2, 0.25) is 0 Å². The van der Waals surface area contributed by atoms with E-state index in [2.05, 4.69) is 105 Å². The van der Waals surface area contributed by atoms with Crippen molar-refractivity contribution in [2.75, 3.05) is 13.2 Å². The predicted octanol–water partition coefficient (Wildman–Crippen LogP) is 8.41. The highest BCUT2D eigenvalue weighted by molar-refractivity contribution is 5.73. The molecular weight excluding hydrogens is 741 g/mol. The van der Waals surface area contributed by atoms with Crippen LogP contribution in [0.2, 0.25) is 0 Å². The van der Waals surface area contributed by atoms with Gasteiger partial charge in [-0.2, -0.15) is 0 Å². The van der Waals surface area contributed by atoms with E-state index in [1.165, 1.54) is 0 Å². The third-order valence-electron chi connectivity index (χ3n) is 8.33. The van der Waals surface area contributed by atoms with Gasteiger partial charge in [0.05, 0.1) is 6.61 Å². The summed E-state index contributed by atoms with van der Waals surface area (Å²) in [6.07, 6.45) is 41.4. The van der Waals surface area contributed by atoms with E-state index in [-0.39, 0.29) is 19.4 Å². The Morgan fingerprint density at radius 2 is 0.897 bits per heavy atom. The van der Waals surface area contributed by atoms with Gasteiger partial charge in [0, 0.05) is 12.8 Å². The average molecular weight is 809 g/mol. The summed E-state index contributed by atoms with van der Waals surface area (Å²) >= 11 is 0. The van der Waals surface area contributed by atoms with Crippen LogP contribution in [0.3, 0.4) is 0 Å². The predicted molar refractivity (Wildman–Crippen MR) is 228 cm³/mol. The van der Waals surface area contributed by atoms with Gasteiger partial charge in [-0.1, -0.05) is 135 Å². The van der Waals surface area contributed by atoms with Crippen LogP contribution < -0.4 is 0 Å². The van der Waals surface area contributed by atoms with Crippen molar-refractivity contribution < 1.29 is 53.8 Å². The molecule has 0 aromatic carbocycles. The maximum atomic E-state index is 12.7. The van der Waals surface area contributed by atoms with Crippen LogP contribution in [-0.2, 0) is 33.3 Å². The molecule has 6 unspecified atom stereocenters. The summed E-state index contributed by atoms with van der Waals surface area (Å²) in [6, 6.07) is 0. The number of carboxylic acid groups (broad SMARTS) is 1. The Morgan fingerprint density at radius 1 is 0.517 bits per heavy atom. The van der Waals surface area contributed by atoms with Gasteiger partial charge < -0.3 is 39.4 Å². The van der Waals surface area contributed by atoms with E-state index in [9.17, 15) is 34.8 Å². The zero-order valence-electron chi connectivity index (χ0n) is 34.5. The molecule has 11 heteroatoms. The van der Waals surface area contributed by atoms with E-state index in [1.807, 2.05) is 30.4 Å². The molecule has 1 saturated heterocycles. The summed E-state index contributed by atoms with van der Waals surface area (Å²) in [5.41, 5.74) is 0. The number of ether oxygens (including phenoxy) is 4. The molecule has 1 aliphatic rings. The third-order valence-corrected chi connectivity index (χ3v) is 8.33. The molecule has 1 fully saturated rings. The highest BCUT2D eigenvalue weighted by atomic mass is 16.7. The Hall–Kier alpha value is -4.39. The quantitative estimate of drug-likeness (QED) is 0.0392. The summed E-state index contributed by atoms with van der Waals surface area (Å²) in [5.74, 6) is -2.68. The zero-order valence-corrected chi connectivity index (χ0v) is 34.5. The fraction of sp³-hybridized carbons (Fsp3) is 0.511. The summed E-state index contributed by atoms with van der Waals surface area (Å²) in [6.45, 7) is 3.41. The summed E-state index contributed by atoms with van der Waals surface area (Å²) in [5, 5.41) is 39.7. The van der Waals surface area contributed by atoms with Crippen LogP contribution in [0.1, 0.15) is 104 Å². The van der Waals surface area contributed by atoms with Gasteiger partial charge in [0.25, 0.3) is 0 Å². The number of aliphatic hydroxyl groups is 3. The third kappa shape index (κ3) is 27.3. The van der Waals surface area contributed by atoms with Gasteiger partial charge in [0.1, 0.15) is 24.9 Å². The normalized spacial score (nSPS) is 21.3. The Bertz CT molecular complexity index is 1410. The minimum absolute atomic E-state index is 0.0376. The largest absolute Gasteiger partial charge is 0.479 e. The van der Waals surface area contributed by atoms with Gasteiger partial charge in [-0.15, -0.1) is 0 Å². The molecule has 322 valence electrons. The fourth-order valence-electron chi connectivity index (χ4n) is 5.15. The topological polar surface area (TPSA) is 169 Å². The SMILES string of the molecule is CC/C=C\C/C=C\C/C=C\C/C=C\C/C=C\C/C=C\CCC(=O)OCC(COC1OC(C(=O)O)C(O)C(O)C1O)OC(=O)CC/C=C\C/C=C\C/C=C\C/C=C\CC. The van der Waals surface area contributed by atoms with Crippen molar-refractivity contribution in [1.29, 1.82) is 0 Å². The molecule has 1 heterocycles. The van der Waals surface area contributed by atoms with E-state index in [1.54, 1.807) is 0 Å². The van der Waals surface area contributed by atoms with Gasteiger partial charge >= 0.3 is 17.9 Å². The van der Waals surface area contributed by atoms with Gasteiger partial charge in [-0.3, -0.25) is 9.59 Å². The first kappa shape index (κ1) is 51.6. The number of hydrogen-bond donors (Lipinski definition) is 4. The van der Waals surface area contributed by atoms with Crippen molar-refractivity contribution in [3.63, 3.8) is 0 Å².